The fourth-order valence-corrected chi connectivity index (χ4v) is 2.89. The van der Waals surface area contributed by atoms with E-state index in [-0.39, 0.29) is 17.9 Å². The first-order valence-electron chi connectivity index (χ1n) is 6.38. The van der Waals surface area contributed by atoms with Crippen LogP contribution in [0.2, 0.25) is 0 Å². The van der Waals surface area contributed by atoms with E-state index in [1.807, 2.05) is 0 Å². The molecule has 1 fully saturated rings. The van der Waals surface area contributed by atoms with Crippen LogP contribution in [0.1, 0.15) is 34.1 Å². The summed E-state index contributed by atoms with van der Waals surface area (Å²) in [7, 11) is 0. The number of benzene rings is 1. The Balaban J connectivity index is 1.96. The number of fused-ring (bicyclic) bond motifs is 1. The number of rotatable bonds is 1. The lowest BCUT2D eigenvalue weighted by Gasteiger charge is -2.35. The van der Waals surface area contributed by atoms with Gasteiger partial charge in [0, 0.05) is 6.04 Å². The van der Waals surface area contributed by atoms with Gasteiger partial charge in [-0.15, -0.1) is 0 Å². The van der Waals surface area contributed by atoms with Gasteiger partial charge in [0.1, 0.15) is 0 Å². The van der Waals surface area contributed by atoms with Crippen molar-refractivity contribution in [2.45, 2.75) is 19.4 Å². The molecule has 2 amide bonds. The lowest BCUT2D eigenvalue weighted by Crippen LogP contribution is -2.50. The monoisotopic (exact) mass is 244 g/mol. The SMILES string of the molecule is CC1CNCCC1N1C(=O)c2ccccc2C1=O. The Labute approximate surface area is 106 Å². The molecule has 3 rings (SSSR count). The van der Waals surface area contributed by atoms with Gasteiger partial charge in [-0.3, -0.25) is 14.5 Å². The van der Waals surface area contributed by atoms with Crippen molar-refractivity contribution < 1.29 is 9.59 Å². The first-order chi connectivity index (χ1) is 8.70. The molecule has 0 bridgehead atoms. The normalized spacial score (nSPS) is 27.5. The maximum absolute atomic E-state index is 12.3. The Morgan fingerprint density at radius 3 is 2.33 bits per heavy atom. The molecule has 1 aromatic rings. The van der Waals surface area contributed by atoms with Crippen molar-refractivity contribution in [3.63, 3.8) is 0 Å². The van der Waals surface area contributed by atoms with Crippen LogP contribution in [0.5, 0.6) is 0 Å². The first-order valence-corrected chi connectivity index (χ1v) is 6.38. The molecular formula is C14H16N2O2. The summed E-state index contributed by atoms with van der Waals surface area (Å²) in [6, 6.07) is 7.11. The molecular weight excluding hydrogens is 228 g/mol. The lowest BCUT2D eigenvalue weighted by molar-refractivity contribution is 0.0499. The zero-order valence-electron chi connectivity index (χ0n) is 10.3. The molecule has 2 aliphatic heterocycles. The number of amides is 2. The highest BCUT2D eigenvalue weighted by Gasteiger charge is 2.41. The average molecular weight is 244 g/mol. The molecule has 2 unspecified atom stereocenters. The Hall–Kier alpha value is -1.68. The van der Waals surface area contributed by atoms with Gasteiger partial charge in [0.2, 0.25) is 0 Å². The summed E-state index contributed by atoms with van der Waals surface area (Å²) in [5.41, 5.74) is 1.10. The van der Waals surface area contributed by atoms with Crippen molar-refractivity contribution >= 4 is 11.8 Å². The van der Waals surface area contributed by atoms with E-state index in [1.165, 1.54) is 4.90 Å². The number of imide groups is 1. The van der Waals surface area contributed by atoms with E-state index in [2.05, 4.69) is 12.2 Å². The van der Waals surface area contributed by atoms with Crippen LogP contribution in [-0.2, 0) is 0 Å². The molecule has 18 heavy (non-hydrogen) atoms. The smallest absolute Gasteiger partial charge is 0.261 e. The van der Waals surface area contributed by atoms with Gasteiger partial charge in [0.15, 0.2) is 0 Å². The summed E-state index contributed by atoms with van der Waals surface area (Å²) in [4.78, 5) is 26.1. The van der Waals surface area contributed by atoms with Crippen molar-refractivity contribution in [2.24, 2.45) is 5.92 Å². The first kappa shape index (κ1) is 11.4. The van der Waals surface area contributed by atoms with Crippen molar-refractivity contribution in [3.8, 4) is 0 Å². The number of hydrogen-bond donors (Lipinski definition) is 1. The van der Waals surface area contributed by atoms with E-state index in [9.17, 15) is 9.59 Å². The van der Waals surface area contributed by atoms with E-state index < -0.39 is 0 Å². The predicted octanol–water partition coefficient (Wildman–Crippen LogP) is 1.28. The van der Waals surface area contributed by atoms with E-state index in [1.54, 1.807) is 24.3 Å². The van der Waals surface area contributed by atoms with E-state index >= 15 is 0 Å². The molecule has 0 aliphatic carbocycles. The Morgan fingerprint density at radius 2 is 1.78 bits per heavy atom. The molecule has 4 heteroatoms. The van der Waals surface area contributed by atoms with Crippen LogP contribution in [0.25, 0.3) is 0 Å². The van der Waals surface area contributed by atoms with Crippen molar-refractivity contribution in [2.75, 3.05) is 13.1 Å². The van der Waals surface area contributed by atoms with Crippen LogP contribution in [-0.4, -0.2) is 35.8 Å². The van der Waals surface area contributed by atoms with Crippen molar-refractivity contribution in [1.82, 2.24) is 10.2 Å². The fourth-order valence-electron chi connectivity index (χ4n) is 2.89. The third-order valence-corrected chi connectivity index (χ3v) is 3.90. The Morgan fingerprint density at radius 1 is 1.17 bits per heavy atom. The summed E-state index contributed by atoms with van der Waals surface area (Å²) in [5, 5.41) is 3.29. The minimum Gasteiger partial charge on any atom is -0.316 e. The Kier molecular flexibility index (Phi) is 2.67. The fraction of sp³-hybridized carbons (Fsp3) is 0.429. The van der Waals surface area contributed by atoms with E-state index in [0.717, 1.165) is 19.5 Å². The molecule has 1 aromatic carbocycles. The van der Waals surface area contributed by atoms with Gasteiger partial charge in [-0.25, -0.2) is 0 Å². The van der Waals surface area contributed by atoms with Crippen LogP contribution in [0.3, 0.4) is 0 Å². The minimum atomic E-state index is -0.130. The molecule has 2 aliphatic rings. The standard InChI is InChI=1S/C14H16N2O2/c1-9-8-15-7-6-12(9)16-13(17)10-4-2-3-5-11(10)14(16)18/h2-5,9,12,15H,6-8H2,1H3. The molecule has 0 aromatic heterocycles. The molecule has 0 radical (unpaired) electrons. The van der Waals surface area contributed by atoms with E-state index in [0.29, 0.717) is 17.0 Å². The molecule has 1 saturated heterocycles. The zero-order chi connectivity index (χ0) is 12.7. The van der Waals surface area contributed by atoms with Crippen LogP contribution < -0.4 is 5.32 Å². The van der Waals surface area contributed by atoms with Crippen molar-refractivity contribution in [3.05, 3.63) is 35.4 Å². The van der Waals surface area contributed by atoms with Gasteiger partial charge >= 0.3 is 0 Å². The zero-order valence-corrected chi connectivity index (χ0v) is 10.3. The number of carbonyl (C=O) groups excluding carboxylic acids is 2. The third-order valence-electron chi connectivity index (χ3n) is 3.90. The van der Waals surface area contributed by atoms with Crippen LogP contribution >= 0.6 is 0 Å². The molecule has 2 heterocycles. The number of nitrogens with zero attached hydrogens (tertiary/aromatic N) is 1. The molecule has 4 nitrogen and oxygen atoms in total. The quantitative estimate of drug-likeness (QED) is 0.757. The second kappa shape index (κ2) is 4.21. The largest absolute Gasteiger partial charge is 0.316 e. The number of hydrogen-bond acceptors (Lipinski definition) is 3. The average Bonchev–Trinajstić information content (AvgIpc) is 2.64. The molecule has 94 valence electrons. The number of carbonyl (C=O) groups is 2. The summed E-state index contributed by atoms with van der Waals surface area (Å²) < 4.78 is 0. The molecule has 2 atom stereocenters. The highest BCUT2D eigenvalue weighted by molar-refractivity contribution is 6.21. The Bertz CT molecular complexity index is 477. The summed E-state index contributed by atoms with van der Waals surface area (Å²) in [6.45, 7) is 3.81. The minimum absolute atomic E-state index is 0.0265. The second-order valence-electron chi connectivity index (χ2n) is 5.06. The number of nitrogens with one attached hydrogen (secondary N) is 1. The van der Waals surface area contributed by atoms with Crippen LogP contribution in [0.15, 0.2) is 24.3 Å². The molecule has 0 saturated carbocycles. The maximum atomic E-state index is 12.3. The van der Waals surface area contributed by atoms with Gasteiger partial charge in [0.05, 0.1) is 11.1 Å². The maximum Gasteiger partial charge on any atom is 0.261 e. The van der Waals surface area contributed by atoms with Gasteiger partial charge < -0.3 is 5.32 Å². The highest BCUT2D eigenvalue weighted by atomic mass is 16.2. The number of piperidine rings is 1. The molecule has 0 spiro atoms. The van der Waals surface area contributed by atoms with Gasteiger partial charge in [-0.1, -0.05) is 19.1 Å². The topological polar surface area (TPSA) is 49.4 Å². The van der Waals surface area contributed by atoms with Crippen LogP contribution in [0.4, 0.5) is 0 Å². The van der Waals surface area contributed by atoms with E-state index in [4.69, 9.17) is 0 Å². The molecule has 1 N–H and O–H groups in total. The second-order valence-corrected chi connectivity index (χ2v) is 5.06. The summed E-state index contributed by atoms with van der Waals surface area (Å²) >= 11 is 0. The van der Waals surface area contributed by atoms with Crippen molar-refractivity contribution in [1.29, 1.82) is 0 Å². The highest BCUT2D eigenvalue weighted by Crippen LogP contribution is 2.29. The van der Waals surface area contributed by atoms with Gasteiger partial charge in [0.25, 0.3) is 11.8 Å². The summed E-state index contributed by atoms with van der Waals surface area (Å²) in [5.74, 6) is 0.0460. The van der Waals surface area contributed by atoms with Crippen LogP contribution in [0, 0.1) is 5.92 Å². The van der Waals surface area contributed by atoms with Gasteiger partial charge in [-0.2, -0.15) is 0 Å². The lowest BCUT2D eigenvalue weighted by atomic mass is 9.94. The predicted molar refractivity (Wildman–Crippen MR) is 67.4 cm³/mol. The summed E-state index contributed by atoms with van der Waals surface area (Å²) in [6.07, 6.45) is 0.840. The third kappa shape index (κ3) is 1.56. The van der Waals surface area contributed by atoms with Gasteiger partial charge in [-0.05, 0) is 37.6 Å².